The monoisotopic (exact) mass is 468 g/mol. The standard InChI is InChI=1S/C30H44O4/c1-19(2)10-9-11-21(5)14-17-24-25(31)18-26(27(29(24)33)28(32)20(3)4)34-30(7,8)23-15-12-22(6)13-16-23/h10,12,14,18,20,23,31,33H,9,11,13,15-17H2,1-8H3/b21-14+/t23-/m1/s1. The summed E-state index contributed by atoms with van der Waals surface area (Å²) < 4.78 is 6.40. The van der Waals surface area contributed by atoms with Crippen molar-refractivity contribution in [1.82, 2.24) is 0 Å². The van der Waals surface area contributed by atoms with Crippen LogP contribution in [0.25, 0.3) is 0 Å². The molecule has 4 nitrogen and oxygen atoms in total. The van der Waals surface area contributed by atoms with Gasteiger partial charge in [-0.05, 0) is 80.1 Å². The predicted molar refractivity (Wildman–Crippen MR) is 141 cm³/mol. The second-order valence-electron chi connectivity index (χ2n) is 10.9. The highest BCUT2D eigenvalue weighted by atomic mass is 16.5. The van der Waals surface area contributed by atoms with Gasteiger partial charge in [-0.2, -0.15) is 0 Å². The van der Waals surface area contributed by atoms with Gasteiger partial charge in [-0.3, -0.25) is 4.79 Å². The molecule has 188 valence electrons. The lowest BCUT2D eigenvalue weighted by Gasteiger charge is -2.37. The number of hydrogen-bond donors (Lipinski definition) is 2. The zero-order chi connectivity index (χ0) is 25.6. The highest BCUT2D eigenvalue weighted by Gasteiger charge is 2.35. The van der Waals surface area contributed by atoms with Crippen molar-refractivity contribution in [2.45, 2.75) is 99.5 Å². The zero-order valence-electron chi connectivity index (χ0n) is 22.4. The quantitative estimate of drug-likeness (QED) is 0.269. The number of carbonyl (C=O) groups is 1. The van der Waals surface area contributed by atoms with Crippen molar-refractivity contribution >= 4 is 5.78 Å². The fourth-order valence-electron chi connectivity index (χ4n) is 4.41. The molecular weight excluding hydrogens is 424 g/mol. The van der Waals surface area contributed by atoms with Crippen LogP contribution in [0.1, 0.15) is 103 Å². The number of allylic oxidation sites excluding steroid dienone is 6. The Morgan fingerprint density at radius 1 is 1.21 bits per heavy atom. The van der Waals surface area contributed by atoms with Crippen molar-refractivity contribution in [3.63, 3.8) is 0 Å². The Morgan fingerprint density at radius 2 is 1.88 bits per heavy atom. The number of aromatic hydroxyl groups is 2. The van der Waals surface area contributed by atoms with Gasteiger partial charge in [0.05, 0.1) is 0 Å². The molecule has 2 rings (SSSR count). The number of ketones is 1. The van der Waals surface area contributed by atoms with Crippen molar-refractivity contribution < 1.29 is 19.7 Å². The molecule has 0 fully saturated rings. The molecule has 0 bridgehead atoms. The summed E-state index contributed by atoms with van der Waals surface area (Å²) in [7, 11) is 0. The second kappa shape index (κ2) is 11.8. The van der Waals surface area contributed by atoms with Crippen LogP contribution in [0.15, 0.2) is 41.0 Å². The summed E-state index contributed by atoms with van der Waals surface area (Å²) in [5, 5.41) is 22.0. The Labute approximate surface area is 206 Å². The topological polar surface area (TPSA) is 66.8 Å². The van der Waals surface area contributed by atoms with Crippen molar-refractivity contribution in [3.05, 3.63) is 52.1 Å². The van der Waals surface area contributed by atoms with Gasteiger partial charge in [-0.1, -0.05) is 48.8 Å². The summed E-state index contributed by atoms with van der Waals surface area (Å²) in [5.74, 6) is -0.163. The van der Waals surface area contributed by atoms with E-state index in [2.05, 4.69) is 32.9 Å². The summed E-state index contributed by atoms with van der Waals surface area (Å²) in [6.45, 7) is 16.0. The highest BCUT2D eigenvalue weighted by Crippen LogP contribution is 2.43. The second-order valence-corrected chi connectivity index (χ2v) is 10.9. The Bertz CT molecular complexity index is 972. The number of ether oxygens (including phenoxy) is 1. The lowest BCUT2D eigenvalue weighted by molar-refractivity contribution is 0.0368. The number of rotatable bonds is 10. The molecule has 2 N–H and O–H groups in total. The van der Waals surface area contributed by atoms with Gasteiger partial charge < -0.3 is 14.9 Å². The zero-order valence-corrected chi connectivity index (χ0v) is 22.4. The van der Waals surface area contributed by atoms with Gasteiger partial charge >= 0.3 is 0 Å². The van der Waals surface area contributed by atoms with Crippen molar-refractivity contribution in [3.8, 4) is 17.2 Å². The maximum Gasteiger partial charge on any atom is 0.172 e. The van der Waals surface area contributed by atoms with Crippen LogP contribution in [-0.4, -0.2) is 21.6 Å². The van der Waals surface area contributed by atoms with Gasteiger partial charge in [-0.15, -0.1) is 0 Å². The average Bonchev–Trinajstić information content (AvgIpc) is 2.72. The summed E-state index contributed by atoms with van der Waals surface area (Å²) in [6.07, 6.45) is 11.6. The van der Waals surface area contributed by atoms with Gasteiger partial charge in [0.1, 0.15) is 28.4 Å². The third kappa shape index (κ3) is 7.25. The number of hydrogen-bond acceptors (Lipinski definition) is 4. The van der Waals surface area contributed by atoms with Gasteiger partial charge in [0, 0.05) is 23.5 Å². The third-order valence-corrected chi connectivity index (χ3v) is 6.86. The molecule has 0 spiro atoms. The molecule has 1 atom stereocenters. The smallest absolute Gasteiger partial charge is 0.172 e. The minimum Gasteiger partial charge on any atom is -0.507 e. The van der Waals surface area contributed by atoms with Crippen LogP contribution in [0, 0.1) is 11.8 Å². The van der Waals surface area contributed by atoms with E-state index >= 15 is 0 Å². The van der Waals surface area contributed by atoms with Gasteiger partial charge in [-0.25, -0.2) is 0 Å². The molecule has 1 aromatic rings. The average molecular weight is 469 g/mol. The molecule has 0 unspecified atom stereocenters. The summed E-state index contributed by atoms with van der Waals surface area (Å²) in [5.41, 5.74) is 3.85. The summed E-state index contributed by atoms with van der Waals surface area (Å²) in [6, 6.07) is 1.52. The summed E-state index contributed by atoms with van der Waals surface area (Å²) in [4.78, 5) is 13.1. The van der Waals surface area contributed by atoms with Crippen LogP contribution in [0.5, 0.6) is 17.2 Å². The largest absolute Gasteiger partial charge is 0.507 e. The molecular formula is C30H44O4. The molecule has 0 amide bonds. The molecule has 1 aliphatic rings. The van der Waals surface area contributed by atoms with Crippen LogP contribution in [0.3, 0.4) is 0 Å². The van der Waals surface area contributed by atoms with E-state index in [0.29, 0.717) is 12.0 Å². The fourth-order valence-corrected chi connectivity index (χ4v) is 4.41. The van der Waals surface area contributed by atoms with Crippen LogP contribution in [-0.2, 0) is 6.42 Å². The minimum absolute atomic E-state index is 0.0451. The number of carbonyl (C=O) groups excluding carboxylic acids is 1. The lowest BCUT2D eigenvalue weighted by Crippen LogP contribution is -2.38. The van der Waals surface area contributed by atoms with Crippen molar-refractivity contribution in [1.29, 1.82) is 0 Å². The highest BCUT2D eigenvalue weighted by molar-refractivity contribution is 6.03. The maximum atomic E-state index is 13.1. The van der Waals surface area contributed by atoms with Gasteiger partial charge in [0.15, 0.2) is 5.78 Å². The number of phenols is 2. The van der Waals surface area contributed by atoms with E-state index in [4.69, 9.17) is 4.74 Å². The van der Waals surface area contributed by atoms with E-state index in [1.54, 1.807) is 0 Å². The predicted octanol–water partition coefficient (Wildman–Crippen LogP) is 8.08. The molecule has 4 heteroatoms. The number of phenolic OH excluding ortho intramolecular Hbond substituents is 2. The normalized spacial score (nSPS) is 16.9. The van der Waals surface area contributed by atoms with Gasteiger partial charge in [0.2, 0.25) is 0 Å². The maximum absolute atomic E-state index is 13.1. The van der Waals surface area contributed by atoms with Gasteiger partial charge in [0.25, 0.3) is 0 Å². The van der Waals surface area contributed by atoms with Crippen LogP contribution in [0.4, 0.5) is 0 Å². The number of benzene rings is 1. The molecule has 0 heterocycles. The lowest BCUT2D eigenvalue weighted by atomic mass is 9.79. The molecule has 0 radical (unpaired) electrons. The van der Waals surface area contributed by atoms with Crippen LogP contribution in [0.2, 0.25) is 0 Å². The van der Waals surface area contributed by atoms with E-state index in [0.717, 1.165) is 32.1 Å². The van der Waals surface area contributed by atoms with E-state index in [1.807, 2.05) is 40.7 Å². The molecule has 1 aromatic carbocycles. The minimum atomic E-state index is -0.551. The van der Waals surface area contributed by atoms with Crippen LogP contribution < -0.4 is 4.74 Å². The van der Waals surface area contributed by atoms with Crippen molar-refractivity contribution in [2.75, 3.05) is 0 Å². The molecule has 0 saturated heterocycles. The first kappa shape index (κ1) is 27.8. The first-order valence-corrected chi connectivity index (χ1v) is 12.6. The first-order chi connectivity index (χ1) is 15.8. The Balaban J connectivity index is 2.39. The fraction of sp³-hybridized carbons (Fsp3) is 0.567. The molecule has 1 aliphatic carbocycles. The molecule has 0 aliphatic heterocycles. The summed E-state index contributed by atoms with van der Waals surface area (Å²) >= 11 is 0. The third-order valence-electron chi connectivity index (χ3n) is 6.86. The molecule has 0 saturated carbocycles. The Kier molecular flexibility index (Phi) is 9.61. The Morgan fingerprint density at radius 3 is 2.44 bits per heavy atom. The Hall–Kier alpha value is -2.49. The SMILES string of the molecule is CC(C)=CCC/C(C)=C/Cc1c(O)cc(OC(C)(C)[C@@H]2CC=C(C)CC2)c(C(=O)C(C)C)c1O. The number of Topliss-reactive ketones (excluding diaryl/α,β-unsaturated/α-hetero) is 1. The molecule has 34 heavy (non-hydrogen) atoms. The van der Waals surface area contributed by atoms with E-state index in [1.165, 1.54) is 22.8 Å². The van der Waals surface area contributed by atoms with E-state index < -0.39 is 5.60 Å². The van der Waals surface area contributed by atoms with E-state index in [-0.39, 0.29) is 40.4 Å². The molecule has 0 aromatic heterocycles. The van der Waals surface area contributed by atoms with Crippen LogP contribution >= 0.6 is 0 Å². The van der Waals surface area contributed by atoms with Crippen molar-refractivity contribution in [2.24, 2.45) is 11.8 Å². The van der Waals surface area contributed by atoms with E-state index in [9.17, 15) is 15.0 Å². The first-order valence-electron chi connectivity index (χ1n) is 12.6.